The zero-order chi connectivity index (χ0) is 17.2. The Morgan fingerprint density at radius 1 is 1.22 bits per heavy atom. The molecule has 0 spiro atoms. The summed E-state index contributed by atoms with van der Waals surface area (Å²) >= 11 is 0. The van der Waals surface area contributed by atoms with Crippen LogP contribution in [0.2, 0.25) is 0 Å². The Kier molecular flexibility index (Phi) is 5.07. The van der Waals surface area contributed by atoms with Crippen molar-refractivity contribution in [3.63, 3.8) is 0 Å². The fourth-order valence-electron chi connectivity index (χ4n) is 2.73. The molecule has 2 rings (SSSR count). The van der Waals surface area contributed by atoms with Crippen LogP contribution >= 0.6 is 0 Å². The topological polar surface area (TPSA) is 49.4 Å². The number of aryl methyl sites for hydroxylation is 1. The first-order valence-corrected chi connectivity index (χ1v) is 8.05. The lowest BCUT2D eigenvalue weighted by Gasteiger charge is -2.35. The van der Waals surface area contributed by atoms with Gasteiger partial charge < -0.3 is 10.2 Å². The van der Waals surface area contributed by atoms with Crippen LogP contribution in [-0.2, 0) is 9.59 Å². The summed E-state index contributed by atoms with van der Waals surface area (Å²) in [4.78, 5) is 26.4. The van der Waals surface area contributed by atoms with Gasteiger partial charge in [0.05, 0.1) is 0 Å². The zero-order valence-electron chi connectivity index (χ0n) is 14.3. The minimum absolute atomic E-state index is 0.101. The van der Waals surface area contributed by atoms with Crippen LogP contribution < -0.4 is 5.32 Å². The second-order valence-corrected chi connectivity index (χ2v) is 7.27. The maximum Gasteiger partial charge on any atom is 0.227 e. The lowest BCUT2D eigenvalue weighted by Crippen LogP contribution is -2.45. The third kappa shape index (κ3) is 4.30. The molecule has 2 amide bonds. The second kappa shape index (κ2) is 6.69. The molecule has 126 valence electrons. The van der Waals surface area contributed by atoms with E-state index in [1.54, 1.807) is 19.1 Å². The molecule has 0 radical (unpaired) electrons. The highest BCUT2D eigenvalue weighted by Gasteiger charge is 2.32. The Labute approximate surface area is 137 Å². The normalized spacial score (nSPS) is 16.3. The standard InChI is InChI=1S/C18H25FN2O2/c1-12-5-6-14(11-15(12)19)20-16(22)13-7-9-21(10-8-13)17(23)18(2,3)4/h5-6,11,13H,7-10H2,1-4H3,(H,20,22). The van der Waals surface area contributed by atoms with Crippen LogP contribution in [0.1, 0.15) is 39.2 Å². The molecule has 5 heteroatoms. The third-order valence-electron chi connectivity index (χ3n) is 4.23. The zero-order valence-corrected chi connectivity index (χ0v) is 14.3. The number of halogens is 1. The predicted octanol–water partition coefficient (Wildman–Crippen LogP) is 3.36. The maximum absolute atomic E-state index is 13.5. The molecule has 0 saturated carbocycles. The molecule has 23 heavy (non-hydrogen) atoms. The van der Waals surface area contributed by atoms with Crippen molar-refractivity contribution in [1.29, 1.82) is 0 Å². The van der Waals surface area contributed by atoms with Crippen LogP contribution in [0.15, 0.2) is 18.2 Å². The Balaban J connectivity index is 1.91. The number of nitrogens with one attached hydrogen (secondary N) is 1. The Morgan fingerprint density at radius 2 is 1.83 bits per heavy atom. The number of anilines is 1. The highest BCUT2D eigenvalue weighted by atomic mass is 19.1. The number of amides is 2. The van der Waals surface area contributed by atoms with E-state index in [1.165, 1.54) is 6.07 Å². The van der Waals surface area contributed by atoms with Gasteiger partial charge in [-0.3, -0.25) is 9.59 Å². The van der Waals surface area contributed by atoms with Gasteiger partial charge >= 0.3 is 0 Å². The summed E-state index contributed by atoms with van der Waals surface area (Å²) in [6.07, 6.45) is 1.28. The van der Waals surface area contributed by atoms with E-state index in [1.807, 2.05) is 25.7 Å². The van der Waals surface area contributed by atoms with E-state index in [0.29, 0.717) is 37.2 Å². The van der Waals surface area contributed by atoms with E-state index >= 15 is 0 Å². The summed E-state index contributed by atoms with van der Waals surface area (Å²) in [5.74, 6) is -0.440. The molecule has 0 bridgehead atoms. The number of benzene rings is 1. The average molecular weight is 320 g/mol. The lowest BCUT2D eigenvalue weighted by molar-refractivity contribution is -0.142. The van der Waals surface area contributed by atoms with Gasteiger partial charge in [-0.05, 0) is 37.5 Å². The summed E-state index contributed by atoms with van der Waals surface area (Å²) in [6, 6.07) is 4.69. The fraction of sp³-hybridized carbons (Fsp3) is 0.556. The van der Waals surface area contributed by atoms with Gasteiger partial charge in [-0.25, -0.2) is 4.39 Å². The highest BCUT2D eigenvalue weighted by molar-refractivity contribution is 5.92. The number of rotatable bonds is 2. The quantitative estimate of drug-likeness (QED) is 0.908. The van der Waals surface area contributed by atoms with Crippen LogP contribution in [0.4, 0.5) is 10.1 Å². The van der Waals surface area contributed by atoms with Gasteiger partial charge in [0.15, 0.2) is 0 Å². The van der Waals surface area contributed by atoms with Gasteiger partial charge in [-0.2, -0.15) is 0 Å². The Hall–Kier alpha value is -1.91. The molecule has 4 nitrogen and oxygen atoms in total. The minimum Gasteiger partial charge on any atom is -0.342 e. The molecule has 1 fully saturated rings. The molecule has 1 aliphatic heterocycles. The second-order valence-electron chi connectivity index (χ2n) is 7.27. The van der Waals surface area contributed by atoms with Gasteiger partial charge in [0.2, 0.25) is 11.8 Å². The molecular formula is C18H25FN2O2. The first-order valence-electron chi connectivity index (χ1n) is 8.05. The molecule has 1 aromatic rings. The van der Waals surface area contributed by atoms with Gasteiger partial charge in [0.25, 0.3) is 0 Å². The largest absolute Gasteiger partial charge is 0.342 e. The maximum atomic E-state index is 13.5. The van der Waals surface area contributed by atoms with Crippen molar-refractivity contribution in [2.75, 3.05) is 18.4 Å². The van der Waals surface area contributed by atoms with Crippen molar-refractivity contribution in [2.45, 2.75) is 40.5 Å². The number of likely N-dealkylation sites (tertiary alicyclic amines) is 1. The minimum atomic E-state index is -0.394. The molecule has 0 unspecified atom stereocenters. The molecule has 1 aliphatic rings. The Bertz CT molecular complexity index is 600. The van der Waals surface area contributed by atoms with Crippen LogP contribution in [0.5, 0.6) is 0 Å². The average Bonchev–Trinajstić information content (AvgIpc) is 2.49. The molecule has 0 aliphatic carbocycles. The van der Waals surface area contributed by atoms with Gasteiger partial charge in [-0.1, -0.05) is 26.8 Å². The first-order chi connectivity index (χ1) is 10.7. The summed E-state index contributed by atoms with van der Waals surface area (Å²) in [7, 11) is 0. The van der Waals surface area contributed by atoms with E-state index in [9.17, 15) is 14.0 Å². The summed E-state index contributed by atoms with van der Waals surface area (Å²) in [5.41, 5.74) is 0.637. The molecule has 1 aromatic carbocycles. The van der Waals surface area contributed by atoms with Crippen molar-refractivity contribution in [3.05, 3.63) is 29.6 Å². The highest BCUT2D eigenvalue weighted by Crippen LogP contribution is 2.24. The van der Waals surface area contributed by atoms with E-state index < -0.39 is 5.41 Å². The molecular weight excluding hydrogens is 295 g/mol. The van der Waals surface area contributed by atoms with Crippen molar-refractivity contribution >= 4 is 17.5 Å². The molecule has 0 atom stereocenters. The van der Waals surface area contributed by atoms with Crippen LogP contribution in [0, 0.1) is 24.1 Å². The van der Waals surface area contributed by atoms with Crippen LogP contribution in [0.3, 0.4) is 0 Å². The fourth-order valence-corrected chi connectivity index (χ4v) is 2.73. The van der Waals surface area contributed by atoms with Crippen molar-refractivity contribution in [1.82, 2.24) is 4.90 Å². The summed E-state index contributed by atoms with van der Waals surface area (Å²) in [5, 5.41) is 2.77. The molecule has 1 heterocycles. The van der Waals surface area contributed by atoms with Crippen molar-refractivity contribution in [3.8, 4) is 0 Å². The molecule has 1 N–H and O–H groups in total. The third-order valence-corrected chi connectivity index (χ3v) is 4.23. The van der Waals surface area contributed by atoms with Gasteiger partial charge in [0, 0.05) is 30.1 Å². The Morgan fingerprint density at radius 3 is 2.35 bits per heavy atom. The molecule has 1 saturated heterocycles. The van der Waals surface area contributed by atoms with Gasteiger partial charge in [-0.15, -0.1) is 0 Å². The van der Waals surface area contributed by atoms with Crippen LogP contribution in [0.25, 0.3) is 0 Å². The van der Waals surface area contributed by atoms with Crippen molar-refractivity contribution < 1.29 is 14.0 Å². The predicted molar refractivity (Wildman–Crippen MR) is 88.5 cm³/mol. The SMILES string of the molecule is Cc1ccc(NC(=O)C2CCN(C(=O)C(C)(C)C)CC2)cc1F. The monoisotopic (exact) mass is 320 g/mol. The van der Waals surface area contributed by atoms with E-state index in [4.69, 9.17) is 0 Å². The number of hydrogen-bond donors (Lipinski definition) is 1. The number of hydrogen-bond acceptors (Lipinski definition) is 2. The summed E-state index contributed by atoms with van der Waals surface area (Å²) < 4.78 is 13.5. The summed E-state index contributed by atoms with van der Waals surface area (Å²) in [6.45, 7) is 8.58. The van der Waals surface area contributed by atoms with E-state index in [2.05, 4.69) is 5.32 Å². The lowest BCUT2D eigenvalue weighted by atomic mass is 9.90. The van der Waals surface area contributed by atoms with Crippen molar-refractivity contribution in [2.24, 2.45) is 11.3 Å². The molecule has 0 aromatic heterocycles. The van der Waals surface area contributed by atoms with E-state index in [-0.39, 0.29) is 23.5 Å². The number of piperidine rings is 1. The van der Waals surface area contributed by atoms with E-state index in [0.717, 1.165) is 0 Å². The number of nitrogens with zero attached hydrogens (tertiary/aromatic N) is 1. The van der Waals surface area contributed by atoms with Crippen LogP contribution in [-0.4, -0.2) is 29.8 Å². The first kappa shape index (κ1) is 17.4. The van der Waals surface area contributed by atoms with Gasteiger partial charge in [0.1, 0.15) is 5.82 Å². The number of carbonyl (C=O) groups is 2. The number of carbonyl (C=O) groups excluding carboxylic acids is 2. The smallest absolute Gasteiger partial charge is 0.227 e.